The Labute approximate surface area is 162 Å². The summed E-state index contributed by atoms with van der Waals surface area (Å²) >= 11 is 0. The van der Waals surface area contributed by atoms with Gasteiger partial charge in [-0.3, -0.25) is 14.4 Å². The molecule has 2 amide bonds. The lowest BCUT2D eigenvalue weighted by molar-refractivity contribution is -0.127. The molecule has 0 saturated carbocycles. The van der Waals surface area contributed by atoms with Crippen LogP contribution in [0.1, 0.15) is 36.2 Å². The average Bonchev–Trinajstić information content (AvgIpc) is 3.02. The highest BCUT2D eigenvalue weighted by Gasteiger charge is 2.21. The summed E-state index contributed by atoms with van der Waals surface area (Å²) in [5, 5.41) is 10.3. The van der Waals surface area contributed by atoms with Crippen LogP contribution in [0.15, 0.2) is 35.9 Å². The van der Waals surface area contributed by atoms with Gasteiger partial charge in [0.1, 0.15) is 11.8 Å². The fraction of sp³-hybridized carbons (Fsp3) is 0.368. The molecule has 28 heavy (non-hydrogen) atoms. The lowest BCUT2D eigenvalue weighted by Gasteiger charge is -2.21. The summed E-state index contributed by atoms with van der Waals surface area (Å²) in [6, 6.07) is 0. The van der Waals surface area contributed by atoms with E-state index in [2.05, 4.69) is 33.1 Å². The molecule has 3 rings (SSSR count). The molecule has 9 heteroatoms. The van der Waals surface area contributed by atoms with Crippen LogP contribution < -0.4 is 16.1 Å². The third-order valence-corrected chi connectivity index (χ3v) is 4.66. The monoisotopic (exact) mass is 384 g/mol. The van der Waals surface area contributed by atoms with E-state index in [0.717, 1.165) is 11.3 Å². The lowest BCUT2D eigenvalue weighted by atomic mass is 9.94. The number of carbonyl (C=O) groups is 2. The molecule has 1 unspecified atom stereocenters. The molecule has 148 valence electrons. The van der Waals surface area contributed by atoms with Crippen LogP contribution in [0.25, 0.3) is 5.52 Å². The van der Waals surface area contributed by atoms with Gasteiger partial charge in [-0.25, -0.2) is 15.0 Å². The zero-order valence-electron chi connectivity index (χ0n) is 16.4. The molecule has 1 aliphatic rings. The fourth-order valence-corrected chi connectivity index (χ4v) is 3.14. The first-order valence-electron chi connectivity index (χ1n) is 9.09. The van der Waals surface area contributed by atoms with Crippen LogP contribution in [0.4, 0.5) is 5.82 Å². The largest absolute Gasteiger partial charge is 0.352 e. The summed E-state index contributed by atoms with van der Waals surface area (Å²) in [5.41, 5.74) is 5.75. The quantitative estimate of drug-likeness (QED) is 0.655. The zero-order chi connectivity index (χ0) is 20.3. The van der Waals surface area contributed by atoms with Crippen molar-refractivity contribution in [3.8, 4) is 0 Å². The molecule has 0 radical (unpaired) electrons. The van der Waals surface area contributed by atoms with Crippen molar-refractivity contribution >= 4 is 23.1 Å². The second kappa shape index (κ2) is 8.22. The third-order valence-electron chi connectivity index (χ3n) is 4.66. The van der Waals surface area contributed by atoms with Gasteiger partial charge in [-0.2, -0.15) is 5.10 Å². The highest BCUT2D eigenvalue weighted by molar-refractivity contribution is 5.99. The minimum atomic E-state index is -0.307. The van der Waals surface area contributed by atoms with Crippen molar-refractivity contribution in [2.75, 3.05) is 19.0 Å². The van der Waals surface area contributed by atoms with Crippen molar-refractivity contribution in [1.29, 1.82) is 0 Å². The molecule has 1 aliphatic carbocycles. The summed E-state index contributed by atoms with van der Waals surface area (Å²) in [6.07, 6.45) is 7.48. The van der Waals surface area contributed by atoms with Gasteiger partial charge in [-0.15, -0.1) is 0 Å². The van der Waals surface area contributed by atoms with E-state index >= 15 is 0 Å². The second-order valence-electron chi connectivity index (χ2n) is 6.59. The smallest absolute Gasteiger partial charge is 0.274 e. The van der Waals surface area contributed by atoms with Crippen LogP contribution in [0, 0.1) is 12.8 Å². The average molecular weight is 384 g/mol. The second-order valence-corrected chi connectivity index (χ2v) is 6.59. The van der Waals surface area contributed by atoms with E-state index in [1.54, 1.807) is 16.8 Å². The Morgan fingerprint density at radius 3 is 2.86 bits per heavy atom. The number of aryl methyl sites for hydroxylation is 1. The number of rotatable bonds is 6. The molecule has 0 bridgehead atoms. The Morgan fingerprint density at radius 2 is 2.14 bits per heavy atom. The first-order valence-corrected chi connectivity index (χ1v) is 9.09. The molecular formula is C19H24N6O3. The first-order chi connectivity index (χ1) is 13.5. The van der Waals surface area contributed by atoms with Gasteiger partial charge in [0.25, 0.3) is 11.8 Å². The summed E-state index contributed by atoms with van der Waals surface area (Å²) in [6.45, 7) is 6.34. The van der Waals surface area contributed by atoms with Gasteiger partial charge in [0.2, 0.25) is 0 Å². The van der Waals surface area contributed by atoms with E-state index in [1.807, 2.05) is 19.9 Å². The van der Waals surface area contributed by atoms with Crippen LogP contribution in [-0.2, 0) is 9.63 Å². The Kier molecular flexibility index (Phi) is 5.74. The van der Waals surface area contributed by atoms with Crippen molar-refractivity contribution < 1.29 is 14.4 Å². The summed E-state index contributed by atoms with van der Waals surface area (Å²) in [4.78, 5) is 33.4. The number of nitrogens with one attached hydrogen (secondary N) is 3. The third kappa shape index (κ3) is 3.74. The zero-order valence-corrected chi connectivity index (χ0v) is 16.4. The number of carbonyl (C=O) groups excluding carboxylic acids is 2. The van der Waals surface area contributed by atoms with Crippen molar-refractivity contribution in [1.82, 2.24) is 25.4 Å². The molecule has 3 N–H and O–H groups in total. The van der Waals surface area contributed by atoms with Crippen LogP contribution in [0.2, 0.25) is 0 Å². The summed E-state index contributed by atoms with van der Waals surface area (Å²) in [5.74, 6) is 0.295. The number of hydrogen-bond donors (Lipinski definition) is 3. The molecule has 0 aromatic carbocycles. The highest BCUT2D eigenvalue weighted by atomic mass is 16.6. The molecule has 9 nitrogen and oxygen atoms in total. The Hall–Kier alpha value is -3.20. The van der Waals surface area contributed by atoms with Crippen LogP contribution >= 0.6 is 0 Å². The molecule has 0 saturated heterocycles. The molecule has 0 fully saturated rings. The number of amides is 2. The van der Waals surface area contributed by atoms with Gasteiger partial charge in [0.15, 0.2) is 5.82 Å². The van der Waals surface area contributed by atoms with Crippen molar-refractivity contribution in [2.24, 2.45) is 5.92 Å². The maximum Gasteiger partial charge on any atom is 0.274 e. The fourth-order valence-electron chi connectivity index (χ4n) is 3.14. The molecule has 2 heterocycles. The predicted molar refractivity (Wildman–Crippen MR) is 104 cm³/mol. The molecule has 0 spiro atoms. The van der Waals surface area contributed by atoms with Gasteiger partial charge in [0.05, 0.1) is 12.7 Å². The number of nitrogens with zero attached hydrogens (tertiary/aromatic N) is 3. The SMILES string of the molecule is CCNC(=O)c1cn2ncnc(NC3=CC(C(=O)NOC)=CCC3C)c2c1C. The molecule has 1 atom stereocenters. The summed E-state index contributed by atoms with van der Waals surface area (Å²) in [7, 11) is 1.39. The normalized spacial score (nSPS) is 16.4. The minimum Gasteiger partial charge on any atom is -0.352 e. The van der Waals surface area contributed by atoms with E-state index in [1.165, 1.54) is 13.4 Å². The van der Waals surface area contributed by atoms with Crippen LogP contribution in [-0.4, -0.2) is 40.1 Å². The number of anilines is 1. The number of hydrogen-bond acceptors (Lipinski definition) is 6. The van der Waals surface area contributed by atoms with E-state index in [0.29, 0.717) is 35.4 Å². The van der Waals surface area contributed by atoms with Gasteiger partial charge < -0.3 is 10.6 Å². The van der Waals surface area contributed by atoms with Crippen molar-refractivity contribution in [3.05, 3.63) is 47.1 Å². The van der Waals surface area contributed by atoms with Gasteiger partial charge >= 0.3 is 0 Å². The number of aromatic nitrogens is 3. The Bertz CT molecular complexity index is 975. The molecular weight excluding hydrogens is 360 g/mol. The molecule has 0 aliphatic heterocycles. The Morgan fingerprint density at radius 1 is 1.36 bits per heavy atom. The number of allylic oxidation sites excluding steroid dienone is 2. The topological polar surface area (TPSA) is 110 Å². The number of fused-ring (bicyclic) bond motifs is 1. The molecule has 2 aromatic rings. The van der Waals surface area contributed by atoms with E-state index in [4.69, 9.17) is 4.84 Å². The maximum absolute atomic E-state index is 12.3. The predicted octanol–water partition coefficient (Wildman–Crippen LogP) is 1.73. The van der Waals surface area contributed by atoms with E-state index < -0.39 is 0 Å². The maximum atomic E-state index is 12.3. The van der Waals surface area contributed by atoms with Crippen molar-refractivity contribution in [2.45, 2.75) is 27.2 Å². The van der Waals surface area contributed by atoms with Gasteiger partial charge in [-0.05, 0) is 37.8 Å². The standard InChI is InChI=1S/C19H24N6O3/c1-5-20-19(27)14-9-25-16(12(14)3)17(21-10-22-25)23-15-8-13(7-6-11(15)2)18(26)24-28-4/h7-11H,5-6H2,1-4H3,(H,20,27)(H,24,26)(H,21,22,23). The minimum absolute atomic E-state index is 0.150. The summed E-state index contributed by atoms with van der Waals surface area (Å²) < 4.78 is 1.64. The van der Waals surface area contributed by atoms with Gasteiger partial charge in [-0.1, -0.05) is 13.0 Å². The van der Waals surface area contributed by atoms with E-state index in [-0.39, 0.29) is 17.7 Å². The van der Waals surface area contributed by atoms with Gasteiger partial charge in [0, 0.05) is 24.0 Å². The number of hydroxylamine groups is 1. The van der Waals surface area contributed by atoms with Crippen LogP contribution in [0.3, 0.4) is 0 Å². The van der Waals surface area contributed by atoms with Crippen LogP contribution in [0.5, 0.6) is 0 Å². The lowest BCUT2D eigenvalue weighted by Crippen LogP contribution is -2.25. The highest BCUT2D eigenvalue weighted by Crippen LogP contribution is 2.28. The Balaban J connectivity index is 1.97. The van der Waals surface area contributed by atoms with E-state index in [9.17, 15) is 9.59 Å². The molecule has 2 aromatic heterocycles. The first kappa shape index (κ1) is 19.6. The van der Waals surface area contributed by atoms with Crippen molar-refractivity contribution in [3.63, 3.8) is 0 Å².